The van der Waals surface area contributed by atoms with E-state index in [0.29, 0.717) is 18.8 Å². The van der Waals surface area contributed by atoms with Crippen LogP contribution in [0.1, 0.15) is 38.9 Å². The molecule has 1 aliphatic rings. The number of carbonyl (C=O) groups excluding carboxylic acids is 2. The molecular weight excluding hydrogens is 270 g/mol. The topological polar surface area (TPSA) is 79.3 Å². The highest BCUT2D eigenvalue weighted by atomic mass is 16.2. The van der Waals surface area contributed by atoms with E-state index in [2.05, 4.69) is 29.6 Å². The minimum absolute atomic E-state index is 0.122. The molecule has 2 N–H and O–H groups in total. The maximum Gasteiger partial charge on any atom is 0.322 e. The molecule has 1 aliphatic heterocycles. The first-order valence-corrected chi connectivity index (χ1v) is 7.35. The van der Waals surface area contributed by atoms with E-state index < -0.39 is 6.04 Å². The maximum atomic E-state index is 12.3. The SMILES string of the molecule is CC[C@H](C)n1ncc(NC(=O)N2CCNC(=O)[C@@H]2C)c1C. The van der Waals surface area contributed by atoms with E-state index in [-0.39, 0.29) is 18.0 Å². The summed E-state index contributed by atoms with van der Waals surface area (Å²) >= 11 is 0. The Balaban J connectivity index is 2.09. The van der Waals surface area contributed by atoms with E-state index >= 15 is 0 Å². The van der Waals surface area contributed by atoms with Gasteiger partial charge in [0.15, 0.2) is 0 Å². The Kier molecular flexibility index (Phi) is 4.50. The van der Waals surface area contributed by atoms with Crippen molar-refractivity contribution in [2.24, 2.45) is 0 Å². The number of hydrogen-bond acceptors (Lipinski definition) is 3. The van der Waals surface area contributed by atoms with Crippen LogP contribution in [0.25, 0.3) is 0 Å². The van der Waals surface area contributed by atoms with Crippen molar-refractivity contribution in [2.75, 3.05) is 18.4 Å². The lowest BCUT2D eigenvalue weighted by molar-refractivity contribution is -0.126. The van der Waals surface area contributed by atoms with Gasteiger partial charge < -0.3 is 15.5 Å². The number of hydrogen-bond donors (Lipinski definition) is 2. The van der Waals surface area contributed by atoms with Gasteiger partial charge in [0, 0.05) is 19.1 Å². The molecule has 0 saturated carbocycles. The average molecular weight is 293 g/mol. The second kappa shape index (κ2) is 6.15. The predicted molar refractivity (Wildman–Crippen MR) is 80.2 cm³/mol. The molecule has 0 bridgehead atoms. The standard InChI is InChI=1S/C14H23N5O2/c1-5-9(2)19-10(3)12(8-16-19)17-14(21)18-7-6-15-13(20)11(18)4/h8-9,11H,5-7H2,1-4H3,(H,15,20)(H,17,21)/t9-,11-/m0/s1. The van der Waals surface area contributed by atoms with Crippen molar-refractivity contribution in [1.82, 2.24) is 20.0 Å². The molecule has 3 amide bonds. The second-order valence-electron chi connectivity index (χ2n) is 5.44. The molecule has 0 radical (unpaired) electrons. The van der Waals surface area contributed by atoms with Gasteiger partial charge in [0.2, 0.25) is 5.91 Å². The highest BCUT2D eigenvalue weighted by Crippen LogP contribution is 2.20. The molecule has 7 heteroatoms. The number of nitrogens with one attached hydrogen (secondary N) is 2. The number of aromatic nitrogens is 2. The normalized spacial score (nSPS) is 20.1. The van der Waals surface area contributed by atoms with Crippen molar-refractivity contribution in [1.29, 1.82) is 0 Å². The zero-order valence-corrected chi connectivity index (χ0v) is 13.0. The van der Waals surface area contributed by atoms with Gasteiger partial charge in [-0.1, -0.05) is 6.92 Å². The summed E-state index contributed by atoms with van der Waals surface area (Å²) in [5, 5.41) is 9.92. The van der Waals surface area contributed by atoms with Crippen LogP contribution in [0.15, 0.2) is 6.20 Å². The molecule has 0 aromatic carbocycles. The summed E-state index contributed by atoms with van der Waals surface area (Å²) in [4.78, 5) is 25.5. The molecule has 1 aromatic rings. The van der Waals surface area contributed by atoms with Crippen molar-refractivity contribution in [3.63, 3.8) is 0 Å². The monoisotopic (exact) mass is 293 g/mol. The van der Waals surface area contributed by atoms with E-state index in [1.807, 2.05) is 11.6 Å². The van der Waals surface area contributed by atoms with Crippen molar-refractivity contribution < 1.29 is 9.59 Å². The predicted octanol–water partition coefficient (Wildman–Crippen LogP) is 1.51. The van der Waals surface area contributed by atoms with E-state index in [1.165, 1.54) is 0 Å². The molecule has 2 atom stereocenters. The summed E-state index contributed by atoms with van der Waals surface area (Å²) in [5.41, 5.74) is 1.62. The van der Waals surface area contributed by atoms with Gasteiger partial charge in [-0.25, -0.2) is 4.79 Å². The minimum Gasteiger partial charge on any atom is -0.353 e. The third-order valence-corrected chi connectivity index (χ3v) is 4.05. The number of rotatable bonds is 3. The third-order valence-electron chi connectivity index (χ3n) is 4.05. The first-order valence-electron chi connectivity index (χ1n) is 7.35. The first-order chi connectivity index (χ1) is 9.95. The Labute approximate surface area is 124 Å². The molecule has 21 heavy (non-hydrogen) atoms. The van der Waals surface area contributed by atoms with Gasteiger partial charge in [-0.15, -0.1) is 0 Å². The van der Waals surface area contributed by atoms with Gasteiger partial charge in [0.25, 0.3) is 0 Å². The Morgan fingerprint density at radius 2 is 2.33 bits per heavy atom. The number of piperazine rings is 1. The van der Waals surface area contributed by atoms with Crippen LogP contribution in [0.4, 0.5) is 10.5 Å². The third kappa shape index (κ3) is 3.01. The molecule has 0 spiro atoms. The molecule has 2 rings (SSSR count). The molecule has 1 aromatic heterocycles. The quantitative estimate of drug-likeness (QED) is 0.886. The second-order valence-corrected chi connectivity index (χ2v) is 5.44. The molecule has 1 saturated heterocycles. The van der Waals surface area contributed by atoms with Gasteiger partial charge in [-0.3, -0.25) is 9.48 Å². The highest BCUT2D eigenvalue weighted by Gasteiger charge is 2.29. The average Bonchev–Trinajstić information content (AvgIpc) is 2.82. The number of urea groups is 1. The lowest BCUT2D eigenvalue weighted by Crippen LogP contribution is -2.56. The summed E-state index contributed by atoms with van der Waals surface area (Å²) in [5.74, 6) is -0.122. The summed E-state index contributed by atoms with van der Waals surface area (Å²) < 4.78 is 1.90. The largest absolute Gasteiger partial charge is 0.353 e. The Hall–Kier alpha value is -2.05. The van der Waals surface area contributed by atoms with Crippen molar-refractivity contribution in [3.8, 4) is 0 Å². The van der Waals surface area contributed by atoms with Crippen molar-refractivity contribution >= 4 is 17.6 Å². The number of anilines is 1. The number of amides is 3. The molecule has 0 unspecified atom stereocenters. The lowest BCUT2D eigenvalue weighted by atomic mass is 10.2. The summed E-state index contributed by atoms with van der Waals surface area (Å²) in [6.45, 7) is 8.84. The highest BCUT2D eigenvalue weighted by molar-refractivity contribution is 5.94. The van der Waals surface area contributed by atoms with Crippen LogP contribution in [-0.2, 0) is 4.79 Å². The Morgan fingerprint density at radius 1 is 1.62 bits per heavy atom. The van der Waals surface area contributed by atoms with E-state index in [4.69, 9.17) is 0 Å². The van der Waals surface area contributed by atoms with Gasteiger partial charge >= 0.3 is 6.03 Å². The molecule has 1 fully saturated rings. The number of nitrogens with zero attached hydrogens (tertiary/aromatic N) is 3. The fraction of sp³-hybridized carbons (Fsp3) is 0.643. The van der Waals surface area contributed by atoms with Crippen LogP contribution >= 0.6 is 0 Å². The van der Waals surface area contributed by atoms with Crippen LogP contribution in [0.2, 0.25) is 0 Å². The van der Waals surface area contributed by atoms with Crippen LogP contribution in [0.5, 0.6) is 0 Å². The van der Waals surface area contributed by atoms with Crippen molar-refractivity contribution in [3.05, 3.63) is 11.9 Å². The molecule has 0 aliphatic carbocycles. The van der Waals surface area contributed by atoms with Gasteiger partial charge in [0.05, 0.1) is 17.6 Å². The molecule has 116 valence electrons. The zero-order chi connectivity index (χ0) is 15.6. The van der Waals surface area contributed by atoms with Gasteiger partial charge in [0.1, 0.15) is 6.04 Å². The van der Waals surface area contributed by atoms with E-state index in [9.17, 15) is 9.59 Å². The molecular formula is C14H23N5O2. The maximum absolute atomic E-state index is 12.3. The zero-order valence-electron chi connectivity index (χ0n) is 13.0. The van der Waals surface area contributed by atoms with Crippen LogP contribution in [0, 0.1) is 6.92 Å². The van der Waals surface area contributed by atoms with Crippen molar-refractivity contribution in [2.45, 2.75) is 46.2 Å². The first kappa shape index (κ1) is 15.3. The van der Waals surface area contributed by atoms with Crippen LogP contribution in [0.3, 0.4) is 0 Å². The fourth-order valence-corrected chi connectivity index (χ4v) is 2.41. The minimum atomic E-state index is -0.455. The smallest absolute Gasteiger partial charge is 0.322 e. The Morgan fingerprint density at radius 3 is 3.00 bits per heavy atom. The van der Waals surface area contributed by atoms with E-state index in [1.54, 1.807) is 18.0 Å². The van der Waals surface area contributed by atoms with Crippen LogP contribution in [-0.4, -0.2) is 45.8 Å². The Bertz CT molecular complexity index is 539. The van der Waals surface area contributed by atoms with E-state index in [0.717, 1.165) is 12.1 Å². The number of carbonyl (C=O) groups is 2. The van der Waals surface area contributed by atoms with Crippen LogP contribution < -0.4 is 10.6 Å². The molecule has 2 heterocycles. The molecule has 7 nitrogen and oxygen atoms in total. The summed E-state index contributed by atoms with van der Waals surface area (Å²) in [6.07, 6.45) is 2.63. The fourth-order valence-electron chi connectivity index (χ4n) is 2.41. The summed E-state index contributed by atoms with van der Waals surface area (Å²) in [7, 11) is 0. The lowest BCUT2D eigenvalue weighted by Gasteiger charge is -2.32. The summed E-state index contributed by atoms with van der Waals surface area (Å²) in [6, 6.07) is -0.428. The van der Waals surface area contributed by atoms with Gasteiger partial charge in [-0.2, -0.15) is 5.10 Å². The van der Waals surface area contributed by atoms with Gasteiger partial charge in [-0.05, 0) is 27.2 Å².